The van der Waals surface area contributed by atoms with Crippen molar-refractivity contribution in [2.24, 2.45) is 4.40 Å². The minimum Gasteiger partial charge on any atom is -0.377 e. The highest BCUT2D eigenvalue weighted by atomic mass is 35.5. The molecule has 0 N–H and O–H groups in total. The van der Waals surface area contributed by atoms with E-state index in [0.29, 0.717) is 5.56 Å². The first-order chi connectivity index (χ1) is 9.47. The zero-order valence-corrected chi connectivity index (χ0v) is 12.6. The van der Waals surface area contributed by atoms with Gasteiger partial charge in [0.05, 0.1) is 6.10 Å². The molecular weight excluding hydrogens is 300 g/mol. The molecular formula is C13H15ClN2O3S. The normalized spacial score (nSPS) is 25.0. The first-order valence-corrected chi connectivity index (χ1v) is 8.30. The molecule has 5 nitrogen and oxygen atoms in total. The van der Waals surface area contributed by atoms with Crippen molar-refractivity contribution in [2.75, 3.05) is 24.6 Å². The lowest BCUT2D eigenvalue weighted by atomic mass is 10.2. The van der Waals surface area contributed by atoms with Crippen LogP contribution in [0.25, 0.3) is 0 Å². The SMILES string of the molecule is C[C@H]1CN(c2ccc3c(c2)S(=O)(=O)N=C3Cl)CCCO1. The molecule has 7 heteroatoms. The van der Waals surface area contributed by atoms with Crippen molar-refractivity contribution in [3.05, 3.63) is 23.8 Å². The van der Waals surface area contributed by atoms with E-state index >= 15 is 0 Å². The smallest absolute Gasteiger partial charge is 0.284 e. The Bertz CT molecular complexity index is 672. The van der Waals surface area contributed by atoms with E-state index < -0.39 is 10.0 Å². The second-order valence-electron chi connectivity index (χ2n) is 5.02. The van der Waals surface area contributed by atoms with Crippen LogP contribution >= 0.6 is 11.6 Å². The number of anilines is 1. The van der Waals surface area contributed by atoms with Crippen molar-refractivity contribution in [3.63, 3.8) is 0 Å². The topological polar surface area (TPSA) is 59.0 Å². The van der Waals surface area contributed by atoms with Gasteiger partial charge in [-0.05, 0) is 31.5 Å². The lowest BCUT2D eigenvalue weighted by Gasteiger charge is -2.24. The van der Waals surface area contributed by atoms with E-state index in [-0.39, 0.29) is 16.2 Å². The third-order valence-corrected chi connectivity index (χ3v) is 5.19. The van der Waals surface area contributed by atoms with Crippen LogP contribution < -0.4 is 4.90 Å². The molecule has 0 bridgehead atoms. The number of ether oxygens (including phenoxy) is 1. The van der Waals surface area contributed by atoms with Gasteiger partial charge in [-0.1, -0.05) is 11.6 Å². The second-order valence-corrected chi connectivity index (χ2v) is 6.95. The maximum Gasteiger partial charge on any atom is 0.284 e. The minimum absolute atomic E-state index is 0.0408. The molecule has 108 valence electrons. The van der Waals surface area contributed by atoms with E-state index in [2.05, 4.69) is 9.30 Å². The molecule has 0 unspecified atom stereocenters. The van der Waals surface area contributed by atoms with Crippen LogP contribution in [-0.2, 0) is 14.8 Å². The Hall–Kier alpha value is -1.11. The molecule has 1 saturated heterocycles. The van der Waals surface area contributed by atoms with Gasteiger partial charge in [-0.3, -0.25) is 0 Å². The highest BCUT2D eigenvalue weighted by molar-refractivity contribution is 7.91. The van der Waals surface area contributed by atoms with Gasteiger partial charge in [-0.2, -0.15) is 8.42 Å². The van der Waals surface area contributed by atoms with E-state index in [9.17, 15) is 8.42 Å². The van der Waals surface area contributed by atoms with Gasteiger partial charge in [0.15, 0.2) is 5.17 Å². The molecule has 2 heterocycles. The van der Waals surface area contributed by atoms with Crippen molar-refractivity contribution in [1.82, 2.24) is 0 Å². The Kier molecular flexibility index (Phi) is 3.48. The molecule has 3 rings (SSSR count). The van der Waals surface area contributed by atoms with E-state index in [0.717, 1.165) is 31.8 Å². The zero-order valence-electron chi connectivity index (χ0n) is 11.0. The largest absolute Gasteiger partial charge is 0.377 e. The van der Waals surface area contributed by atoms with Gasteiger partial charge >= 0.3 is 0 Å². The fourth-order valence-corrected chi connectivity index (χ4v) is 4.14. The summed E-state index contributed by atoms with van der Waals surface area (Å²) in [6, 6.07) is 5.26. The van der Waals surface area contributed by atoms with Crippen LogP contribution in [0, 0.1) is 0 Å². The fraction of sp³-hybridized carbons (Fsp3) is 0.462. The summed E-state index contributed by atoms with van der Waals surface area (Å²) in [7, 11) is -3.64. The molecule has 0 radical (unpaired) electrons. The molecule has 20 heavy (non-hydrogen) atoms. The first kappa shape index (κ1) is 13.9. The molecule has 1 aromatic carbocycles. The number of sulfonamides is 1. The van der Waals surface area contributed by atoms with Gasteiger partial charge in [0.25, 0.3) is 10.0 Å². The fourth-order valence-electron chi connectivity index (χ4n) is 2.52. The van der Waals surface area contributed by atoms with Crippen molar-refractivity contribution in [2.45, 2.75) is 24.3 Å². The number of hydrogen-bond acceptors (Lipinski definition) is 4. The molecule has 0 saturated carbocycles. The second kappa shape index (κ2) is 5.02. The first-order valence-electron chi connectivity index (χ1n) is 6.49. The van der Waals surface area contributed by atoms with Crippen LogP contribution in [0.4, 0.5) is 5.69 Å². The van der Waals surface area contributed by atoms with E-state index in [1.807, 2.05) is 13.0 Å². The maximum atomic E-state index is 11.9. The Balaban J connectivity index is 1.98. The number of halogens is 1. The van der Waals surface area contributed by atoms with Crippen LogP contribution in [-0.4, -0.2) is 39.4 Å². The van der Waals surface area contributed by atoms with Crippen LogP contribution in [0.15, 0.2) is 27.5 Å². The molecule has 0 aliphatic carbocycles. The molecule has 1 fully saturated rings. The van der Waals surface area contributed by atoms with Crippen LogP contribution in [0.1, 0.15) is 18.9 Å². The average Bonchev–Trinajstić information content (AvgIpc) is 2.56. The quantitative estimate of drug-likeness (QED) is 0.795. The minimum atomic E-state index is -3.64. The van der Waals surface area contributed by atoms with E-state index in [1.165, 1.54) is 0 Å². The average molecular weight is 315 g/mol. The van der Waals surface area contributed by atoms with Gasteiger partial charge < -0.3 is 9.64 Å². The third kappa shape index (κ3) is 2.43. The highest BCUT2D eigenvalue weighted by Crippen LogP contribution is 2.32. The number of hydrogen-bond donors (Lipinski definition) is 0. The Morgan fingerprint density at radius 3 is 3.05 bits per heavy atom. The monoisotopic (exact) mass is 314 g/mol. The number of fused-ring (bicyclic) bond motifs is 1. The summed E-state index contributed by atoms with van der Waals surface area (Å²) in [6.07, 6.45) is 1.05. The van der Waals surface area contributed by atoms with Crippen LogP contribution in [0.5, 0.6) is 0 Å². The van der Waals surface area contributed by atoms with Crippen LogP contribution in [0.2, 0.25) is 0 Å². The standard InChI is InChI=1S/C13H15ClN2O3S/c1-9-8-16(5-2-6-19-9)10-3-4-11-12(7-10)20(17,18)15-13(11)14/h3-4,7,9H,2,5-6,8H2,1H3/t9-/m0/s1. The Morgan fingerprint density at radius 1 is 1.45 bits per heavy atom. The van der Waals surface area contributed by atoms with Gasteiger partial charge in [-0.25, -0.2) is 0 Å². The van der Waals surface area contributed by atoms with Gasteiger partial charge in [0.2, 0.25) is 0 Å². The summed E-state index contributed by atoms with van der Waals surface area (Å²) in [6.45, 7) is 4.34. The number of rotatable bonds is 1. The Morgan fingerprint density at radius 2 is 2.25 bits per heavy atom. The molecule has 0 amide bonds. The summed E-state index contributed by atoms with van der Waals surface area (Å²) < 4.78 is 33.0. The van der Waals surface area contributed by atoms with Gasteiger partial charge in [0, 0.05) is 30.9 Å². The number of nitrogens with zero attached hydrogens (tertiary/aromatic N) is 2. The molecule has 2 aliphatic rings. The summed E-state index contributed by atoms with van der Waals surface area (Å²) >= 11 is 5.85. The van der Waals surface area contributed by atoms with E-state index in [4.69, 9.17) is 16.3 Å². The lowest BCUT2D eigenvalue weighted by Crippen LogP contribution is -2.30. The summed E-state index contributed by atoms with van der Waals surface area (Å²) in [5, 5.41) is 0.0408. The lowest BCUT2D eigenvalue weighted by molar-refractivity contribution is 0.0821. The third-order valence-electron chi connectivity index (χ3n) is 3.48. The molecule has 0 aromatic heterocycles. The predicted molar refractivity (Wildman–Crippen MR) is 78.3 cm³/mol. The summed E-state index contributed by atoms with van der Waals surface area (Å²) in [4.78, 5) is 2.33. The molecule has 1 atom stereocenters. The van der Waals surface area contributed by atoms with Crippen molar-refractivity contribution < 1.29 is 13.2 Å². The van der Waals surface area contributed by atoms with Crippen LogP contribution in [0.3, 0.4) is 0 Å². The van der Waals surface area contributed by atoms with Gasteiger partial charge in [0.1, 0.15) is 4.90 Å². The molecule has 0 spiro atoms. The summed E-state index contributed by atoms with van der Waals surface area (Å²) in [5.41, 5.74) is 1.35. The van der Waals surface area contributed by atoms with Gasteiger partial charge in [-0.15, -0.1) is 4.40 Å². The van der Waals surface area contributed by atoms with Crippen molar-refractivity contribution in [1.29, 1.82) is 0 Å². The maximum absolute atomic E-state index is 11.9. The van der Waals surface area contributed by atoms with Crippen molar-refractivity contribution >= 4 is 32.5 Å². The van der Waals surface area contributed by atoms with Crippen molar-refractivity contribution in [3.8, 4) is 0 Å². The Labute approximate surface area is 123 Å². The predicted octanol–water partition coefficient (Wildman–Crippen LogP) is 1.99. The zero-order chi connectivity index (χ0) is 14.3. The highest BCUT2D eigenvalue weighted by Gasteiger charge is 2.29. The summed E-state index contributed by atoms with van der Waals surface area (Å²) in [5.74, 6) is 0. The number of benzene rings is 1. The molecule has 1 aromatic rings. The van der Waals surface area contributed by atoms with E-state index in [1.54, 1.807) is 12.1 Å². The molecule has 2 aliphatic heterocycles.